The second-order valence-electron chi connectivity index (χ2n) is 12.2. The van der Waals surface area contributed by atoms with Crippen LogP contribution in [0.15, 0.2) is 48.5 Å². The molecular formula is C33H48N4O6. The van der Waals surface area contributed by atoms with Gasteiger partial charge in [0.25, 0.3) is 5.91 Å². The number of aryl methyl sites for hydroxylation is 1. The third-order valence-corrected chi connectivity index (χ3v) is 6.93. The second kappa shape index (κ2) is 16.0. The number of amides is 4. The molecule has 0 aliphatic carbocycles. The fourth-order valence-corrected chi connectivity index (χ4v) is 4.68. The number of hydrogen-bond donors (Lipinski definition) is 3. The van der Waals surface area contributed by atoms with Gasteiger partial charge < -0.3 is 30.7 Å². The Hall–Kier alpha value is -4.08. The molecule has 0 saturated carbocycles. The van der Waals surface area contributed by atoms with Crippen LogP contribution in [0.5, 0.6) is 5.75 Å². The molecule has 0 bridgehead atoms. The van der Waals surface area contributed by atoms with Crippen LogP contribution < -0.4 is 21.1 Å². The number of rotatable bonds is 14. The van der Waals surface area contributed by atoms with Gasteiger partial charge in [-0.25, -0.2) is 4.79 Å². The van der Waals surface area contributed by atoms with Crippen LogP contribution in [-0.4, -0.2) is 53.5 Å². The highest BCUT2D eigenvalue weighted by atomic mass is 16.6. The smallest absolute Gasteiger partial charge is 0.408 e. The minimum absolute atomic E-state index is 0.0542. The first-order chi connectivity index (χ1) is 20.1. The SMILES string of the molecule is COc1ccc(NC(=O)C(c2ccccc2C)N(C(=O)C(CCC(N)=O)NC(=O)OC(C)(C)C)C(C)CCC(C)C)cc1. The zero-order chi connectivity index (χ0) is 32.3. The summed E-state index contributed by atoms with van der Waals surface area (Å²) in [5, 5.41) is 5.61. The van der Waals surface area contributed by atoms with Gasteiger partial charge in [-0.05, 0) is 95.2 Å². The minimum Gasteiger partial charge on any atom is -0.497 e. The monoisotopic (exact) mass is 596 g/mol. The van der Waals surface area contributed by atoms with Crippen molar-refractivity contribution in [2.45, 2.75) is 97.9 Å². The first-order valence-corrected chi connectivity index (χ1v) is 14.7. The molecule has 0 aromatic heterocycles. The first kappa shape index (κ1) is 35.1. The quantitative estimate of drug-likeness (QED) is 0.263. The number of methoxy groups -OCH3 is 1. The summed E-state index contributed by atoms with van der Waals surface area (Å²) in [7, 11) is 1.56. The van der Waals surface area contributed by atoms with Gasteiger partial charge in [-0.15, -0.1) is 0 Å². The highest BCUT2D eigenvalue weighted by Crippen LogP contribution is 2.31. The van der Waals surface area contributed by atoms with E-state index in [0.717, 1.165) is 12.0 Å². The van der Waals surface area contributed by atoms with E-state index in [-0.39, 0.29) is 12.8 Å². The Morgan fingerprint density at radius 2 is 1.56 bits per heavy atom. The number of nitrogens with zero attached hydrogens (tertiary/aromatic N) is 1. The van der Waals surface area contributed by atoms with Crippen LogP contribution in [0.25, 0.3) is 0 Å². The number of primary amides is 1. The molecule has 0 heterocycles. The molecular weight excluding hydrogens is 548 g/mol. The van der Waals surface area contributed by atoms with Crippen molar-refractivity contribution >= 4 is 29.5 Å². The van der Waals surface area contributed by atoms with Crippen molar-refractivity contribution in [2.75, 3.05) is 12.4 Å². The van der Waals surface area contributed by atoms with Crippen LogP contribution >= 0.6 is 0 Å². The van der Waals surface area contributed by atoms with Crippen LogP contribution in [0, 0.1) is 12.8 Å². The van der Waals surface area contributed by atoms with Crippen molar-refractivity contribution in [1.82, 2.24) is 10.2 Å². The van der Waals surface area contributed by atoms with Gasteiger partial charge >= 0.3 is 6.09 Å². The van der Waals surface area contributed by atoms with E-state index in [4.69, 9.17) is 15.2 Å². The number of benzene rings is 2. The summed E-state index contributed by atoms with van der Waals surface area (Å²) in [5.41, 5.74) is 6.62. The fraction of sp³-hybridized carbons (Fsp3) is 0.515. The van der Waals surface area contributed by atoms with Crippen molar-refractivity contribution in [1.29, 1.82) is 0 Å². The van der Waals surface area contributed by atoms with Gasteiger partial charge in [0.2, 0.25) is 11.8 Å². The lowest BCUT2D eigenvalue weighted by atomic mass is 9.94. The van der Waals surface area contributed by atoms with E-state index >= 15 is 0 Å². The van der Waals surface area contributed by atoms with Crippen molar-refractivity contribution in [3.8, 4) is 5.75 Å². The molecule has 0 radical (unpaired) electrons. The van der Waals surface area contributed by atoms with Gasteiger partial charge in [0.05, 0.1) is 7.11 Å². The molecule has 0 spiro atoms. The van der Waals surface area contributed by atoms with Crippen molar-refractivity contribution in [3.63, 3.8) is 0 Å². The fourth-order valence-electron chi connectivity index (χ4n) is 4.68. The highest BCUT2D eigenvalue weighted by Gasteiger charge is 2.39. The predicted molar refractivity (Wildman–Crippen MR) is 168 cm³/mol. The number of carbonyl (C=O) groups is 4. The number of carbonyl (C=O) groups excluding carboxylic acids is 4. The van der Waals surface area contributed by atoms with Crippen LogP contribution in [0.3, 0.4) is 0 Å². The lowest BCUT2D eigenvalue weighted by Crippen LogP contribution is -2.55. The number of hydrogen-bond acceptors (Lipinski definition) is 6. The molecule has 4 amide bonds. The Labute approximate surface area is 255 Å². The van der Waals surface area contributed by atoms with E-state index in [9.17, 15) is 19.2 Å². The summed E-state index contributed by atoms with van der Waals surface area (Å²) in [6.45, 7) is 13.1. The Morgan fingerprint density at radius 3 is 2.09 bits per heavy atom. The van der Waals surface area contributed by atoms with Gasteiger partial charge in [-0.1, -0.05) is 38.1 Å². The molecule has 4 N–H and O–H groups in total. The molecule has 10 nitrogen and oxygen atoms in total. The third kappa shape index (κ3) is 11.3. The van der Waals surface area contributed by atoms with Gasteiger partial charge in [0.15, 0.2) is 0 Å². The van der Waals surface area contributed by atoms with E-state index in [2.05, 4.69) is 24.5 Å². The van der Waals surface area contributed by atoms with Gasteiger partial charge in [0.1, 0.15) is 23.4 Å². The maximum absolute atomic E-state index is 14.5. The Bertz CT molecular complexity index is 1240. The summed E-state index contributed by atoms with van der Waals surface area (Å²) in [4.78, 5) is 54.8. The number of ether oxygens (including phenoxy) is 2. The molecule has 0 saturated heterocycles. The molecule has 43 heavy (non-hydrogen) atoms. The first-order valence-electron chi connectivity index (χ1n) is 14.7. The average molecular weight is 597 g/mol. The second-order valence-corrected chi connectivity index (χ2v) is 12.2. The van der Waals surface area contributed by atoms with Gasteiger partial charge in [-0.2, -0.15) is 0 Å². The average Bonchev–Trinajstić information content (AvgIpc) is 2.92. The summed E-state index contributed by atoms with van der Waals surface area (Å²) < 4.78 is 10.7. The molecule has 10 heteroatoms. The number of alkyl carbamates (subject to hydrolysis) is 1. The molecule has 2 rings (SSSR count). The summed E-state index contributed by atoms with van der Waals surface area (Å²) in [6, 6.07) is 11.7. The lowest BCUT2D eigenvalue weighted by Gasteiger charge is -2.39. The van der Waals surface area contributed by atoms with Gasteiger partial charge in [0, 0.05) is 18.2 Å². The predicted octanol–water partition coefficient (Wildman–Crippen LogP) is 5.50. The number of nitrogens with two attached hydrogens (primary N) is 1. The maximum Gasteiger partial charge on any atom is 0.408 e. The molecule has 3 unspecified atom stereocenters. The van der Waals surface area contributed by atoms with E-state index in [1.54, 1.807) is 52.1 Å². The Kier molecular flexibility index (Phi) is 13.0. The molecule has 2 aromatic carbocycles. The minimum atomic E-state index is -1.16. The highest BCUT2D eigenvalue weighted by molar-refractivity contribution is 5.99. The molecule has 0 aliphatic heterocycles. The zero-order valence-corrected chi connectivity index (χ0v) is 26.7. The van der Waals surface area contributed by atoms with E-state index < -0.39 is 47.5 Å². The molecule has 3 atom stereocenters. The number of nitrogens with one attached hydrogen (secondary N) is 2. The van der Waals surface area contributed by atoms with Gasteiger partial charge in [-0.3, -0.25) is 14.4 Å². The van der Waals surface area contributed by atoms with E-state index in [1.165, 1.54) is 4.90 Å². The largest absolute Gasteiger partial charge is 0.497 e. The maximum atomic E-state index is 14.5. The van der Waals surface area contributed by atoms with Crippen LogP contribution in [-0.2, 0) is 19.1 Å². The van der Waals surface area contributed by atoms with Crippen LogP contribution in [0.4, 0.5) is 10.5 Å². The Balaban J connectivity index is 2.64. The standard InChI is InChI=1S/C33H48N4O6/c1-21(2)13-14-23(4)37(31(40)27(19-20-28(34)38)36-32(41)43-33(5,6)7)29(26-12-10-9-11-22(26)3)30(39)35-24-15-17-25(42-8)18-16-24/h9-12,15-18,21,23,27,29H,13-14,19-20H2,1-8H3,(H2,34,38)(H,35,39)(H,36,41). The van der Waals surface area contributed by atoms with Crippen LogP contribution in [0.2, 0.25) is 0 Å². The van der Waals surface area contributed by atoms with Crippen molar-refractivity contribution < 1.29 is 28.7 Å². The summed E-state index contributed by atoms with van der Waals surface area (Å²) in [5.74, 6) is -0.555. The normalized spacial score (nSPS) is 13.4. The molecule has 2 aromatic rings. The summed E-state index contributed by atoms with van der Waals surface area (Å²) >= 11 is 0. The molecule has 0 fully saturated rings. The van der Waals surface area contributed by atoms with Crippen molar-refractivity contribution in [3.05, 3.63) is 59.7 Å². The number of anilines is 1. The van der Waals surface area contributed by atoms with E-state index in [0.29, 0.717) is 29.3 Å². The summed E-state index contributed by atoms with van der Waals surface area (Å²) in [6.07, 6.45) is 0.405. The van der Waals surface area contributed by atoms with E-state index in [1.807, 2.05) is 38.1 Å². The molecule has 0 aliphatic rings. The van der Waals surface area contributed by atoms with Crippen LogP contribution in [0.1, 0.15) is 84.4 Å². The topological polar surface area (TPSA) is 140 Å². The lowest BCUT2D eigenvalue weighted by molar-refractivity contribution is -0.143. The van der Waals surface area contributed by atoms with Crippen molar-refractivity contribution in [2.24, 2.45) is 11.7 Å². The zero-order valence-electron chi connectivity index (χ0n) is 26.7. The molecule has 236 valence electrons. The third-order valence-electron chi connectivity index (χ3n) is 6.93. The Morgan fingerprint density at radius 1 is 0.930 bits per heavy atom.